The van der Waals surface area contributed by atoms with Crippen LogP contribution in [0.1, 0.15) is 38.7 Å². The van der Waals surface area contributed by atoms with E-state index in [-0.39, 0.29) is 49.1 Å². The van der Waals surface area contributed by atoms with Gasteiger partial charge in [0.1, 0.15) is 11.6 Å². The number of benzene rings is 2. The fourth-order valence-electron chi connectivity index (χ4n) is 6.65. The lowest BCUT2D eigenvalue weighted by Gasteiger charge is -2.31. The van der Waals surface area contributed by atoms with Crippen molar-refractivity contribution < 1.29 is 36.9 Å². The molecule has 0 aliphatic carbocycles. The van der Waals surface area contributed by atoms with Crippen LogP contribution in [0.3, 0.4) is 0 Å². The topological polar surface area (TPSA) is 156 Å². The van der Waals surface area contributed by atoms with Gasteiger partial charge in [0.15, 0.2) is 11.9 Å². The molecule has 3 N–H and O–H groups in total. The molecule has 1 aromatic heterocycles. The summed E-state index contributed by atoms with van der Waals surface area (Å²) in [6.45, 7) is 8.26. The van der Waals surface area contributed by atoms with Crippen molar-refractivity contribution in [2.75, 3.05) is 57.8 Å². The maximum atomic E-state index is 14.1. The molecule has 0 spiro atoms. The second-order valence-corrected chi connectivity index (χ2v) is 15.3. The van der Waals surface area contributed by atoms with Gasteiger partial charge >= 0.3 is 6.09 Å². The van der Waals surface area contributed by atoms with Crippen LogP contribution in [0.25, 0.3) is 11.1 Å². The first-order valence-corrected chi connectivity index (χ1v) is 18.4. The number of aromatic nitrogens is 1. The molecule has 13 nitrogen and oxygen atoms in total. The molecule has 14 heteroatoms. The lowest BCUT2D eigenvalue weighted by atomic mass is 10.0. The van der Waals surface area contributed by atoms with Crippen molar-refractivity contribution in [3.05, 3.63) is 54.1 Å². The van der Waals surface area contributed by atoms with Crippen LogP contribution in [0.4, 0.5) is 10.8 Å². The fraction of sp³-hybridized carbons (Fsp3) is 0.588. The van der Waals surface area contributed by atoms with Crippen molar-refractivity contribution in [3.8, 4) is 0 Å². The molecule has 0 radical (unpaired) electrons. The minimum Gasteiger partial charge on any atom is -0.443 e. The monoisotopic (exact) mass is 685 g/mol. The molecule has 262 valence electrons. The van der Waals surface area contributed by atoms with Gasteiger partial charge in [0, 0.05) is 32.2 Å². The third-order valence-corrected chi connectivity index (χ3v) is 11.0. The number of anilines is 1. The number of hydrogen-bond donors (Lipinski definition) is 3. The molecule has 4 heterocycles. The highest BCUT2D eigenvalue weighted by molar-refractivity contribution is 7.89. The fourth-order valence-corrected chi connectivity index (χ4v) is 8.29. The summed E-state index contributed by atoms with van der Waals surface area (Å²) in [4.78, 5) is 20.0. The highest BCUT2D eigenvalue weighted by Gasteiger charge is 2.44. The van der Waals surface area contributed by atoms with Crippen molar-refractivity contribution in [1.29, 1.82) is 0 Å². The molecule has 1 amide bonds. The number of rotatable bonds is 15. The Bertz CT molecular complexity index is 1610. The number of aliphatic hydroxyl groups is 1. The van der Waals surface area contributed by atoms with Gasteiger partial charge in [0.05, 0.1) is 36.2 Å². The Labute approximate surface area is 282 Å². The first-order chi connectivity index (χ1) is 23.2. The minimum absolute atomic E-state index is 0.0316. The van der Waals surface area contributed by atoms with Crippen LogP contribution in [-0.4, -0.2) is 111 Å². The van der Waals surface area contributed by atoms with Crippen LogP contribution >= 0.6 is 0 Å². The van der Waals surface area contributed by atoms with Gasteiger partial charge in [-0.15, -0.1) is 0 Å². The summed E-state index contributed by atoms with van der Waals surface area (Å²) in [5, 5.41) is 17.6. The van der Waals surface area contributed by atoms with Crippen LogP contribution in [0, 0.1) is 11.8 Å². The van der Waals surface area contributed by atoms with E-state index < -0.39 is 34.4 Å². The van der Waals surface area contributed by atoms with Crippen molar-refractivity contribution in [2.45, 2.75) is 69.0 Å². The third kappa shape index (κ3) is 8.47. The van der Waals surface area contributed by atoms with Gasteiger partial charge in [-0.05, 0) is 62.4 Å². The second-order valence-electron chi connectivity index (χ2n) is 13.3. The zero-order chi connectivity index (χ0) is 33.7. The van der Waals surface area contributed by atoms with Crippen LogP contribution in [0.2, 0.25) is 0 Å². The number of hydrogen-bond acceptors (Lipinski definition) is 11. The van der Waals surface area contributed by atoms with E-state index in [1.807, 2.05) is 44.2 Å². The highest BCUT2D eigenvalue weighted by atomic mass is 32.2. The van der Waals surface area contributed by atoms with E-state index in [0.29, 0.717) is 30.3 Å². The molecule has 3 aromatic rings. The summed E-state index contributed by atoms with van der Waals surface area (Å²) in [6.07, 6.45) is 0.643. The number of ether oxygens (including phenoxy) is 3. The Morgan fingerprint density at radius 3 is 2.69 bits per heavy atom. The number of amides is 1. The van der Waals surface area contributed by atoms with Crippen LogP contribution < -0.4 is 10.6 Å². The van der Waals surface area contributed by atoms with Crippen molar-refractivity contribution in [2.24, 2.45) is 11.8 Å². The van der Waals surface area contributed by atoms with E-state index in [9.17, 15) is 18.3 Å². The smallest absolute Gasteiger partial charge is 0.407 e. The molecular weight excluding hydrogens is 638 g/mol. The van der Waals surface area contributed by atoms with E-state index in [4.69, 9.17) is 18.6 Å². The first-order valence-electron chi connectivity index (χ1n) is 16.9. The average molecular weight is 686 g/mol. The molecular formula is C34H47N5O8S. The summed E-state index contributed by atoms with van der Waals surface area (Å²) in [7, 11) is -4.08. The highest BCUT2D eigenvalue weighted by Crippen LogP contribution is 2.33. The quantitative estimate of drug-likeness (QED) is 0.216. The van der Waals surface area contributed by atoms with E-state index in [2.05, 4.69) is 20.5 Å². The predicted molar refractivity (Wildman–Crippen MR) is 179 cm³/mol. The minimum atomic E-state index is -4.08. The number of carbonyl (C=O) groups is 1. The Hall–Kier alpha value is -3.27. The van der Waals surface area contributed by atoms with E-state index in [0.717, 1.165) is 31.6 Å². The third-order valence-electron chi connectivity index (χ3n) is 9.17. The van der Waals surface area contributed by atoms with Gasteiger partial charge in [0.25, 0.3) is 6.01 Å². The summed E-state index contributed by atoms with van der Waals surface area (Å²) < 4.78 is 52.2. The zero-order valence-corrected chi connectivity index (χ0v) is 28.4. The number of nitrogens with zero attached hydrogens (tertiary/aromatic N) is 3. The number of nitrogens with one attached hydrogen (secondary N) is 2. The molecule has 5 atom stereocenters. The van der Waals surface area contributed by atoms with Gasteiger partial charge < -0.3 is 39.3 Å². The molecule has 0 saturated carbocycles. The van der Waals surface area contributed by atoms with Gasteiger partial charge in [0.2, 0.25) is 10.0 Å². The molecule has 2 aromatic carbocycles. The Morgan fingerprint density at radius 2 is 1.92 bits per heavy atom. The normalized spacial score (nSPS) is 22.7. The van der Waals surface area contributed by atoms with Gasteiger partial charge in [-0.25, -0.2) is 13.2 Å². The number of fused-ring (bicyclic) bond motifs is 2. The Morgan fingerprint density at radius 1 is 1.12 bits per heavy atom. The van der Waals surface area contributed by atoms with Crippen molar-refractivity contribution in [3.63, 3.8) is 0 Å². The summed E-state index contributed by atoms with van der Waals surface area (Å²) in [5.41, 5.74) is 1.76. The Kier molecular flexibility index (Phi) is 11.2. The molecule has 3 aliphatic heterocycles. The first kappa shape index (κ1) is 34.6. The number of oxazole rings is 1. The SMILES string of the molecule is CC(C)CN(C[C@@H](O)[C@H](Cc1ccccc1)NC(=O)O[C@H]1CO[C@H]2OCC[C@H]21)S(=O)(=O)c1ccc2nc(NCCN3CCCC3)oc2c1. The van der Waals surface area contributed by atoms with Gasteiger partial charge in [-0.2, -0.15) is 9.29 Å². The van der Waals surface area contributed by atoms with E-state index in [1.54, 1.807) is 6.07 Å². The van der Waals surface area contributed by atoms with Gasteiger partial charge in [-0.3, -0.25) is 0 Å². The molecule has 3 saturated heterocycles. The molecule has 3 aliphatic rings. The number of sulfonamides is 1. The van der Waals surface area contributed by atoms with E-state index in [1.165, 1.54) is 29.3 Å². The molecule has 0 bridgehead atoms. The number of likely N-dealkylation sites (tertiary alicyclic amines) is 1. The van der Waals surface area contributed by atoms with Crippen molar-refractivity contribution in [1.82, 2.24) is 19.5 Å². The number of aliphatic hydroxyl groups excluding tert-OH is 1. The Balaban J connectivity index is 1.16. The molecule has 6 rings (SSSR count). The lowest BCUT2D eigenvalue weighted by Crippen LogP contribution is -2.51. The molecule has 3 fully saturated rings. The van der Waals surface area contributed by atoms with Crippen molar-refractivity contribution >= 4 is 33.2 Å². The zero-order valence-electron chi connectivity index (χ0n) is 27.6. The molecule has 0 unspecified atom stereocenters. The molecule has 48 heavy (non-hydrogen) atoms. The van der Waals surface area contributed by atoms with Crippen LogP contribution in [0.5, 0.6) is 0 Å². The standard InChI is InChI=1S/C34H47N5O8S/c1-23(2)20-39(48(42,43)25-10-11-27-30(19-25)46-33(36-27)35-13-16-38-14-6-7-15-38)21-29(40)28(18-24-8-4-3-5-9-24)37-34(41)47-31-22-45-32-26(31)12-17-44-32/h3-5,8-11,19,23,26,28-29,31-32,40H,6-7,12-18,20-22H2,1-2H3,(H,35,36)(H,37,41)/t26-,28-,29+,31-,32+/m0/s1. The maximum Gasteiger partial charge on any atom is 0.407 e. The second kappa shape index (κ2) is 15.5. The lowest BCUT2D eigenvalue weighted by molar-refractivity contribution is -0.0907. The number of alkyl carbamates (subject to hydrolysis) is 1. The number of carbonyl (C=O) groups excluding carboxylic acids is 1. The summed E-state index contributed by atoms with van der Waals surface area (Å²) in [6, 6.07) is 13.5. The summed E-state index contributed by atoms with van der Waals surface area (Å²) in [5.74, 6) is -0.0785. The maximum absolute atomic E-state index is 14.1. The largest absolute Gasteiger partial charge is 0.443 e. The summed E-state index contributed by atoms with van der Waals surface area (Å²) >= 11 is 0. The van der Waals surface area contributed by atoms with E-state index >= 15 is 0 Å². The van der Waals surface area contributed by atoms with Crippen LogP contribution in [0.15, 0.2) is 57.8 Å². The van der Waals surface area contributed by atoms with Gasteiger partial charge in [-0.1, -0.05) is 44.2 Å². The average Bonchev–Trinajstić information content (AvgIpc) is 3.87. The van der Waals surface area contributed by atoms with Crippen LogP contribution in [-0.2, 0) is 30.7 Å². The predicted octanol–water partition coefficient (Wildman–Crippen LogP) is 3.44.